The molecule has 60 valence electrons. The van der Waals surface area contributed by atoms with Crippen LogP contribution in [0.3, 0.4) is 0 Å². The maximum absolute atomic E-state index is 11.0. The molecule has 1 aromatic rings. The molecule has 1 aromatic heterocycles. The van der Waals surface area contributed by atoms with E-state index in [9.17, 15) is 4.79 Å². The van der Waals surface area contributed by atoms with Crippen LogP contribution in [0.4, 0.5) is 0 Å². The molecule has 3 nitrogen and oxygen atoms in total. The van der Waals surface area contributed by atoms with Crippen molar-refractivity contribution >= 4 is 17.7 Å². The summed E-state index contributed by atoms with van der Waals surface area (Å²) < 4.78 is 0. The van der Waals surface area contributed by atoms with Crippen molar-refractivity contribution < 1.29 is 4.79 Å². The van der Waals surface area contributed by atoms with Crippen LogP contribution in [0.15, 0.2) is 12.3 Å². The molecule has 1 rings (SSSR count). The van der Waals surface area contributed by atoms with Crippen LogP contribution in [0, 0.1) is 0 Å². The number of aromatic nitrogens is 2. The van der Waals surface area contributed by atoms with E-state index < -0.39 is 5.41 Å². The quantitative estimate of drug-likeness (QED) is 0.654. The topological polar surface area (TPSA) is 45.8 Å². The fraction of sp³-hybridized carbons (Fsp3) is 0.429. The average molecular weight is 170 g/mol. The molecule has 0 saturated heterocycles. The zero-order chi connectivity index (χ0) is 8.48. The zero-order valence-corrected chi connectivity index (χ0v) is 7.35. The molecule has 0 amide bonds. The van der Waals surface area contributed by atoms with Gasteiger partial charge in [0.05, 0.1) is 5.41 Å². The SMILES string of the molecule is CC(C)(C(=O)S)c1ccn[nH]1. The molecule has 0 saturated carbocycles. The Morgan fingerprint density at radius 1 is 1.73 bits per heavy atom. The summed E-state index contributed by atoms with van der Waals surface area (Å²) in [4.78, 5) is 11.0. The van der Waals surface area contributed by atoms with Crippen LogP contribution < -0.4 is 0 Å². The third-order valence-electron chi connectivity index (χ3n) is 1.71. The van der Waals surface area contributed by atoms with Crippen LogP contribution in [0.2, 0.25) is 0 Å². The number of thiol groups is 1. The minimum atomic E-state index is -0.570. The Labute approximate surface area is 70.6 Å². The molecule has 0 spiro atoms. The normalized spacial score (nSPS) is 11.5. The lowest BCUT2D eigenvalue weighted by Crippen LogP contribution is -2.25. The maximum Gasteiger partial charge on any atom is 0.197 e. The molecule has 0 atom stereocenters. The molecular formula is C7H10N2OS. The summed E-state index contributed by atoms with van der Waals surface area (Å²) in [5.74, 6) is 0. The average Bonchev–Trinajstić information content (AvgIpc) is 2.37. The minimum Gasteiger partial charge on any atom is -0.286 e. The van der Waals surface area contributed by atoms with Crippen molar-refractivity contribution in [2.45, 2.75) is 19.3 Å². The Balaban J connectivity index is 3.00. The monoisotopic (exact) mass is 170 g/mol. The molecule has 0 aliphatic heterocycles. The van der Waals surface area contributed by atoms with Crippen molar-refractivity contribution in [1.82, 2.24) is 10.2 Å². The molecule has 0 radical (unpaired) electrons. The van der Waals surface area contributed by atoms with Gasteiger partial charge >= 0.3 is 0 Å². The number of aromatic amines is 1. The summed E-state index contributed by atoms with van der Waals surface area (Å²) in [7, 11) is 0. The summed E-state index contributed by atoms with van der Waals surface area (Å²) in [6.45, 7) is 3.60. The highest BCUT2D eigenvalue weighted by molar-refractivity contribution is 7.96. The summed E-state index contributed by atoms with van der Waals surface area (Å²) in [5.41, 5.74) is 0.220. The van der Waals surface area contributed by atoms with Gasteiger partial charge in [0.15, 0.2) is 5.12 Å². The predicted octanol–water partition coefficient (Wildman–Crippen LogP) is 1.14. The fourth-order valence-electron chi connectivity index (χ4n) is 0.719. The van der Waals surface area contributed by atoms with Gasteiger partial charge in [0.2, 0.25) is 0 Å². The van der Waals surface area contributed by atoms with Gasteiger partial charge in [-0.1, -0.05) is 0 Å². The Kier molecular flexibility index (Phi) is 2.04. The second kappa shape index (κ2) is 2.70. The van der Waals surface area contributed by atoms with E-state index in [0.717, 1.165) is 5.69 Å². The molecule has 0 fully saturated rings. The smallest absolute Gasteiger partial charge is 0.197 e. The Morgan fingerprint density at radius 2 is 2.36 bits per heavy atom. The lowest BCUT2D eigenvalue weighted by atomic mass is 9.91. The summed E-state index contributed by atoms with van der Waals surface area (Å²) in [6, 6.07) is 1.77. The number of carbonyl (C=O) groups excluding carboxylic acids is 1. The van der Waals surface area contributed by atoms with Crippen LogP contribution in [-0.4, -0.2) is 15.3 Å². The molecule has 1 heterocycles. The Hall–Kier alpha value is -0.770. The van der Waals surface area contributed by atoms with Gasteiger partial charge < -0.3 is 0 Å². The molecule has 0 unspecified atom stereocenters. The van der Waals surface area contributed by atoms with Crippen LogP contribution in [-0.2, 0) is 10.2 Å². The first kappa shape index (κ1) is 8.33. The molecule has 11 heavy (non-hydrogen) atoms. The largest absolute Gasteiger partial charge is 0.286 e. The van der Waals surface area contributed by atoms with Gasteiger partial charge in [0.25, 0.3) is 0 Å². The van der Waals surface area contributed by atoms with Gasteiger partial charge in [0.1, 0.15) is 0 Å². The fourth-order valence-corrected chi connectivity index (χ4v) is 0.840. The first-order chi connectivity index (χ1) is 5.05. The third-order valence-corrected chi connectivity index (χ3v) is 2.27. The molecule has 0 aromatic carbocycles. The van der Waals surface area contributed by atoms with Crippen molar-refractivity contribution in [1.29, 1.82) is 0 Å². The van der Waals surface area contributed by atoms with Gasteiger partial charge in [0, 0.05) is 11.9 Å². The predicted molar refractivity (Wildman–Crippen MR) is 45.6 cm³/mol. The molecule has 0 aliphatic carbocycles. The van der Waals surface area contributed by atoms with Gasteiger partial charge in [-0.3, -0.25) is 9.89 Å². The summed E-state index contributed by atoms with van der Waals surface area (Å²) >= 11 is 3.78. The number of nitrogens with one attached hydrogen (secondary N) is 1. The summed E-state index contributed by atoms with van der Waals surface area (Å²) in [6.07, 6.45) is 1.62. The molecular weight excluding hydrogens is 160 g/mol. The number of hydrogen-bond acceptors (Lipinski definition) is 2. The highest BCUT2D eigenvalue weighted by Crippen LogP contribution is 2.22. The van der Waals surface area contributed by atoms with E-state index in [-0.39, 0.29) is 5.12 Å². The maximum atomic E-state index is 11.0. The van der Waals surface area contributed by atoms with E-state index in [4.69, 9.17) is 0 Å². The van der Waals surface area contributed by atoms with Gasteiger partial charge in [-0.25, -0.2) is 0 Å². The lowest BCUT2D eigenvalue weighted by Gasteiger charge is -2.17. The van der Waals surface area contributed by atoms with Crippen molar-refractivity contribution in [2.75, 3.05) is 0 Å². The number of H-pyrrole nitrogens is 1. The van der Waals surface area contributed by atoms with E-state index in [1.165, 1.54) is 0 Å². The Bertz CT molecular complexity index is 253. The lowest BCUT2D eigenvalue weighted by molar-refractivity contribution is -0.114. The van der Waals surface area contributed by atoms with Crippen LogP contribution >= 0.6 is 12.6 Å². The van der Waals surface area contributed by atoms with E-state index in [2.05, 4.69) is 22.8 Å². The van der Waals surface area contributed by atoms with E-state index in [0.29, 0.717) is 0 Å². The zero-order valence-electron chi connectivity index (χ0n) is 6.46. The number of hydrogen-bond donors (Lipinski definition) is 2. The van der Waals surface area contributed by atoms with E-state index >= 15 is 0 Å². The van der Waals surface area contributed by atoms with Crippen LogP contribution in [0.5, 0.6) is 0 Å². The summed E-state index contributed by atoms with van der Waals surface area (Å²) in [5, 5.41) is 6.33. The highest BCUT2D eigenvalue weighted by atomic mass is 32.1. The van der Waals surface area contributed by atoms with Crippen molar-refractivity contribution in [3.05, 3.63) is 18.0 Å². The molecule has 4 heteroatoms. The van der Waals surface area contributed by atoms with Gasteiger partial charge in [-0.2, -0.15) is 5.10 Å². The van der Waals surface area contributed by atoms with Gasteiger partial charge in [-0.05, 0) is 19.9 Å². The van der Waals surface area contributed by atoms with Crippen LogP contribution in [0.25, 0.3) is 0 Å². The highest BCUT2D eigenvalue weighted by Gasteiger charge is 2.28. The number of carbonyl (C=O) groups is 1. The molecule has 0 aliphatic rings. The second-order valence-electron chi connectivity index (χ2n) is 2.90. The van der Waals surface area contributed by atoms with Crippen molar-refractivity contribution in [2.24, 2.45) is 0 Å². The van der Waals surface area contributed by atoms with Crippen molar-refractivity contribution in [3.8, 4) is 0 Å². The molecule has 1 N–H and O–H groups in total. The van der Waals surface area contributed by atoms with Gasteiger partial charge in [-0.15, -0.1) is 12.6 Å². The standard InChI is InChI=1S/C7H10N2OS/c1-7(2,6(10)11)5-3-4-8-9-5/h3-4H,1-2H3,(H,8,9)(H,10,11). The Morgan fingerprint density at radius 3 is 2.73 bits per heavy atom. The van der Waals surface area contributed by atoms with Crippen molar-refractivity contribution in [3.63, 3.8) is 0 Å². The van der Waals surface area contributed by atoms with Crippen LogP contribution in [0.1, 0.15) is 19.5 Å². The van der Waals surface area contributed by atoms with E-state index in [1.807, 2.05) is 0 Å². The second-order valence-corrected chi connectivity index (χ2v) is 3.31. The van der Waals surface area contributed by atoms with E-state index in [1.54, 1.807) is 26.1 Å². The first-order valence-electron chi connectivity index (χ1n) is 3.28. The third kappa shape index (κ3) is 1.45. The number of rotatable bonds is 2. The minimum absolute atomic E-state index is 0.165. The molecule has 0 bridgehead atoms. The first-order valence-corrected chi connectivity index (χ1v) is 3.73. The number of nitrogens with zero attached hydrogens (tertiary/aromatic N) is 1.